The molecule has 0 rings (SSSR count). The van der Waals surface area contributed by atoms with Gasteiger partial charge in [0, 0.05) is 6.92 Å². The second-order valence-electron chi connectivity index (χ2n) is 8.39. The number of alkyl halides is 1. The monoisotopic (exact) mass is 362 g/mol. The number of carboxylic acid groups (broad SMARTS) is 1. The molecule has 5 heteroatoms. The van der Waals surface area contributed by atoms with E-state index in [9.17, 15) is 14.0 Å². The number of carbonyl (C=O) groups excluding carboxylic acids is 1. The molecular formula is C20H39FO4. The first-order valence-electron chi connectivity index (χ1n) is 9.26. The Morgan fingerprint density at radius 2 is 1.52 bits per heavy atom. The Morgan fingerprint density at radius 1 is 1.08 bits per heavy atom. The van der Waals surface area contributed by atoms with Gasteiger partial charge in [0.05, 0.1) is 0 Å². The minimum atomic E-state index is -2.07. The van der Waals surface area contributed by atoms with Crippen molar-refractivity contribution in [3.8, 4) is 0 Å². The number of hydrogen-bond donors (Lipinski definition) is 1. The van der Waals surface area contributed by atoms with E-state index in [1.54, 1.807) is 0 Å². The van der Waals surface area contributed by atoms with Crippen molar-refractivity contribution in [1.82, 2.24) is 0 Å². The first-order chi connectivity index (χ1) is 11.1. The van der Waals surface area contributed by atoms with E-state index in [-0.39, 0.29) is 35.7 Å². The minimum absolute atomic E-state index is 0.106. The largest absolute Gasteiger partial charge is 0.479 e. The van der Waals surface area contributed by atoms with E-state index < -0.39 is 11.6 Å². The molecule has 2 unspecified atom stereocenters. The Bertz CT molecular complexity index is 410. The molecule has 0 aliphatic heterocycles. The van der Waals surface area contributed by atoms with E-state index in [4.69, 9.17) is 9.84 Å². The van der Waals surface area contributed by atoms with E-state index >= 15 is 0 Å². The molecule has 0 radical (unpaired) electrons. The van der Waals surface area contributed by atoms with Gasteiger partial charge in [-0.2, -0.15) is 0 Å². The third-order valence-electron chi connectivity index (χ3n) is 4.62. The van der Waals surface area contributed by atoms with Crippen molar-refractivity contribution in [2.75, 3.05) is 0 Å². The first kappa shape index (κ1) is 26.1. The third-order valence-corrected chi connectivity index (χ3v) is 4.62. The second-order valence-corrected chi connectivity index (χ2v) is 8.39. The number of carboxylic acids is 1. The van der Waals surface area contributed by atoms with Crippen molar-refractivity contribution < 1.29 is 23.8 Å². The van der Waals surface area contributed by atoms with Gasteiger partial charge < -0.3 is 9.84 Å². The fourth-order valence-electron chi connectivity index (χ4n) is 2.54. The first-order valence-corrected chi connectivity index (χ1v) is 9.26. The average molecular weight is 363 g/mol. The molecule has 2 atom stereocenters. The predicted octanol–water partition coefficient (Wildman–Crippen LogP) is 5.78. The number of carbonyl (C=O) groups is 2. The van der Waals surface area contributed by atoms with Crippen LogP contribution in [0.5, 0.6) is 0 Å². The number of aliphatic carboxylic acids is 1. The molecule has 0 heterocycles. The van der Waals surface area contributed by atoms with Crippen LogP contribution in [0.3, 0.4) is 0 Å². The van der Waals surface area contributed by atoms with Gasteiger partial charge in [-0.1, -0.05) is 53.9 Å². The van der Waals surface area contributed by atoms with Crippen molar-refractivity contribution in [1.29, 1.82) is 0 Å². The molecule has 0 aromatic heterocycles. The molecule has 0 aromatic carbocycles. The SMILES string of the molecule is CC(=O)OC(C)(C)C.CCC(C)CC(F)(CC(C)(CC)CC)C(=O)O. The van der Waals surface area contributed by atoms with Gasteiger partial charge in [-0.25, -0.2) is 9.18 Å². The summed E-state index contributed by atoms with van der Waals surface area (Å²) >= 11 is 0. The summed E-state index contributed by atoms with van der Waals surface area (Å²) in [6, 6.07) is 0. The lowest BCUT2D eigenvalue weighted by Gasteiger charge is -2.34. The molecule has 0 saturated heterocycles. The Morgan fingerprint density at radius 3 is 1.72 bits per heavy atom. The van der Waals surface area contributed by atoms with E-state index in [0.29, 0.717) is 0 Å². The summed E-state index contributed by atoms with van der Waals surface area (Å²) in [5.74, 6) is -1.42. The summed E-state index contributed by atoms with van der Waals surface area (Å²) in [6.45, 7) is 16.8. The Kier molecular flexibility index (Phi) is 11.2. The van der Waals surface area contributed by atoms with E-state index in [1.165, 1.54) is 6.92 Å². The number of halogens is 1. The zero-order chi connectivity index (χ0) is 20.5. The standard InChI is InChI=1S/C14H27FO2.C6H12O2/c1-6-11(4)9-14(15,12(16)17)10-13(5,7-2)8-3;1-5(7)8-6(2,3)4/h11H,6-10H2,1-5H3,(H,16,17);1-4H3. The van der Waals surface area contributed by atoms with Crippen LogP contribution in [0, 0.1) is 11.3 Å². The fourth-order valence-corrected chi connectivity index (χ4v) is 2.54. The normalized spacial score (nSPS) is 15.4. The predicted molar refractivity (Wildman–Crippen MR) is 100 cm³/mol. The van der Waals surface area contributed by atoms with Crippen LogP contribution in [0.2, 0.25) is 0 Å². The quantitative estimate of drug-likeness (QED) is 0.556. The molecule has 0 fully saturated rings. The summed E-state index contributed by atoms with van der Waals surface area (Å²) in [5, 5.41) is 9.16. The molecule has 0 aromatic rings. The van der Waals surface area contributed by atoms with Crippen molar-refractivity contribution in [2.24, 2.45) is 11.3 Å². The van der Waals surface area contributed by atoms with Crippen LogP contribution in [-0.4, -0.2) is 28.3 Å². The highest BCUT2D eigenvalue weighted by atomic mass is 19.1. The summed E-state index contributed by atoms with van der Waals surface area (Å²) < 4.78 is 19.4. The third kappa shape index (κ3) is 12.0. The van der Waals surface area contributed by atoms with Gasteiger partial charge in [0.25, 0.3) is 0 Å². The van der Waals surface area contributed by atoms with Gasteiger partial charge in [-0.3, -0.25) is 4.79 Å². The van der Waals surface area contributed by atoms with Gasteiger partial charge in [0.2, 0.25) is 5.67 Å². The lowest BCUT2D eigenvalue weighted by molar-refractivity contribution is -0.155. The lowest BCUT2D eigenvalue weighted by Crippen LogP contribution is -2.40. The number of rotatable bonds is 8. The summed E-state index contributed by atoms with van der Waals surface area (Å²) in [5.41, 5.74) is -2.62. The van der Waals surface area contributed by atoms with Gasteiger partial charge in [-0.15, -0.1) is 0 Å². The molecular weight excluding hydrogens is 323 g/mol. The molecule has 0 amide bonds. The lowest BCUT2D eigenvalue weighted by atomic mass is 9.73. The molecule has 0 saturated carbocycles. The van der Waals surface area contributed by atoms with Gasteiger partial charge in [0.1, 0.15) is 5.60 Å². The van der Waals surface area contributed by atoms with E-state index in [2.05, 4.69) is 0 Å². The Balaban J connectivity index is 0. The van der Waals surface area contributed by atoms with Crippen LogP contribution in [0.1, 0.15) is 94.4 Å². The maximum atomic E-state index is 14.6. The molecule has 0 aliphatic carbocycles. The van der Waals surface area contributed by atoms with Crippen LogP contribution in [0.25, 0.3) is 0 Å². The highest BCUT2D eigenvalue weighted by molar-refractivity contribution is 5.77. The molecule has 0 spiro atoms. The van der Waals surface area contributed by atoms with E-state index in [1.807, 2.05) is 55.4 Å². The van der Waals surface area contributed by atoms with Crippen molar-refractivity contribution in [3.05, 3.63) is 0 Å². The topological polar surface area (TPSA) is 63.6 Å². The summed E-state index contributed by atoms with van der Waals surface area (Å²) in [4.78, 5) is 21.4. The van der Waals surface area contributed by atoms with Gasteiger partial charge >= 0.3 is 11.9 Å². The molecule has 0 aliphatic rings. The highest BCUT2D eigenvalue weighted by Gasteiger charge is 2.44. The zero-order valence-corrected chi connectivity index (χ0v) is 17.7. The zero-order valence-electron chi connectivity index (χ0n) is 17.7. The summed E-state index contributed by atoms with van der Waals surface area (Å²) in [7, 11) is 0. The van der Waals surface area contributed by atoms with Crippen LogP contribution in [-0.2, 0) is 14.3 Å². The average Bonchev–Trinajstić information content (AvgIpc) is 2.44. The summed E-state index contributed by atoms with van der Waals surface area (Å²) in [6.07, 6.45) is 2.67. The maximum Gasteiger partial charge on any atom is 0.341 e. The minimum Gasteiger partial charge on any atom is -0.479 e. The highest BCUT2D eigenvalue weighted by Crippen LogP contribution is 2.40. The second kappa shape index (κ2) is 10.8. The smallest absolute Gasteiger partial charge is 0.341 e. The Labute approximate surface area is 153 Å². The van der Waals surface area contributed by atoms with Crippen molar-refractivity contribution in [2.45, 2.75) is 106 Å². The van der Waals surface area contributed by atoms with Gasteiger partial charge in [0.15, 0.2) is 0 Å². The molecule has 1 N–H and O–H groups in total. The van der Waals surface area contributed by atoms with Crippen molar-refractivity contribution in [3.63, 3.8) is 0 Å². The Hall–Kier alpha value is -1.13. The number of ether oxygens (including phenoxy) is 1. The van der Waals surface area contributed by atoms with Crippen LogP contribution < -0.4 is 0 Å². The van der Waals surface area contributed by atoms with Crippen LogP contribution >= 0.6 is 0 Å². The maximum absolute atomic E-state index is 14.6. The molecule has 4 nitrogen and oxygen atoms in total. The molecule has 150 valence electrons. The van der Waals surface area contributed by atoms with Crippen LogP contribution in [0.4, 0.5) is 4.39 Å². The van der Waals surface area contributed by atoms with Crippen molar-refractivity contribution >= 4 is 11.9 Å². The van der Waals surface area contributed by atoms with Gasteiger partial charge in [-0.05, 0) is 44.9 Å². The fraction of sp³-hybridized carbons (Fsp3) is 0.900. The number of hydrogen-bond acceptors (Lipinski definition) is 3. The van der Waals surface area contributed by atoms with E-state index in [0.717, 1.165) is 19.3 Å². The van der Waals surface area contributed by atoms with Crippen LogP contribution in [0.15, 0.2) is 0 Å². The molecule has 0 bridgehead atoms. The molecule has 25 heavy (non-hydrogen) atoms. The number of esters is 1.